The van der Waals surface area contributed by atoms with Crippen LogP contribution in [0.1, 0.15) is 59.8 Å². The molecule has 0 N–H and O–H groups in total. The molecule has 0 aromatic carbocycles. The molecule has 0 aliphatic heterocycles. The molecule has 0 radical (unpaired) electrons. The van der Waals surface area contributed by atoms with Gasteiger partial charge in [-0.15, -0.1) is 0 Å². The van der Waals surface area contributed by atoms with Crippen LogP contribution in [-0.2, 0) is 4.74 Å². The number of rotatable bonds is 9. The first kappa shape index (κ1) is 16.2. The maximum absolute atomic E-state index is 5.81. The summed E-state index contributed by atoms with van der Waals surface area (Å²) in [5.41, 5.74) is 1.59. The fourth-order valence-corrected chi connectivity index (χ4v) is 2.39. The van der Waals surface area contributed by atoms with Crippen LogP contribution in [0.5, 0.6) is 0 Å². The number of hydrogen-bond acceptors (Lipinski definition) is 1. The molecule has 0 aliphatic rings. The summed E-state index contributed by atoms with van der Waals surface area (Å²) in [7, 11) is 0. The minimum Gasteiger partial charge on any atom is -0.376 e. The van der Waals surface area contributed by atoms with Crippen molar-refractivity contribution in [2.75, 3.05) is 11.9 Å². The molecule has 0 spiro atoms. The summed E-state index contributed by atoms with van der Waals surface area (Å²) in [6.07, 6.45) is 8.30. The number of allylic oxidation sites excluding steroid dienone is 2. The molecule has 96 valence electrons. The number of unbranched alkanes of at least 4 members (excludes halogenated alkanes) is 1. The summed E-state index contributed by atoms with van der Waals surface area (Å²) in [6, 6.07) is 0. The Kier molecular flexibility index (Phi) is 9.34. The third-order valence-electron chi connectivity index (χ3n) is 3.19. The van der Waals surface area contributed by atoms with Crippen LogP contribution in [0.4, 0.5) is 0 Å². The minimum absolute atomic E-state index is 0.0990. The lowest BCUT2D eigenvalue weighted by molar-refractivity contribution is -0.0352. The van der Waals surface area contributed by atoms with Gasteiger partial charge in [-0.3, -0.25) is 0 Å². The monoisotopic (exact) mass is 290 g/mol. The number of alkyl halides is 1. The zero-order valence-electron chi connectivity index (χ0n) is 11.3. The van der Waals surface area contributed by atoms with Crippen LogP contribution < -0.4 is 0 Å². The Bertz CT molecular complexity index is 201. The standard InChI is InChI=1S/C14H27BrO/c1-5-14(4,16-6-2)11-8-7-9-13(3)10-12-15/h10H,5-9,11-12H2,1-4H3/b13-10+. The Labute approximate surface area is 110 Å². The lowest BCUT2D eigenvalue weighted by atomic mass is 9.94. The minimum atomic E-state index is 0.0990. The Morgan fingerprint density at radius 3 is 2.50 bits per heavy atom. The van der Waals surface area contributed by atoms with E-state index in [1.165, 1.54) is 31.3 Å². The molecule has 0 rings (SSSR count). The average molecular weight is 291 g/mol. The summed E-state index contributed by atoms with van der Waals surface area (Å²) < 4.78 is 5.81. The molecule has 0 fully saturated rings. The van der Waals surface area contributed by atoms with Gasteiger partial charge in [0.1, 0.15) is 0 Å². The van der Waals surface area contributed by atoms with E-state index in [4.69, 9.17) is 4.74 Å². The molecule has 0 saturated heterocycles. The molecule has 0 saturated carbocycles. The van der Waals surface area contributed by atoms with Crippen molar-refractivity contribution in [2.45, 2.75) is 65.4 Å². The highest BCUT2D eigenvalue weighted by atomic mass is 79.9. The Morgan fingerprint density at radius 1 is 1.31 bits per heavy atom. The van der Waals surface area contributed by atoms with Crippen molar-refractivity contribution in [2.24, 2.45) is 0 Å². The smallest absolute Gasteiger partial charge is 0.0651 e. The van der Waals surface area contributed by atoms with E-state index in [9.17, 15) is 0 Å². The van der Waals surface area contributed by atoms with Gasteiger partial charge in [-0.05, 0) is 46.5 Å². The zero-order chi connectivity index (χ0) is 12.4. The maximum Gasteiger partial charge on any atom is 0.0651 e. The molecule has 0 heterocycles. The van der Waals surface area contributed by atoms with Gasteiger partial charge in [0.15, 0.2) is 0 Å². The largest absolute Gasteiger partial charge is 0.376 e. The van der Waals surface area contributed by atoms with Crippen molar-refractivity contribution in [1.82, 2.24) is 0 Å². The molecule has 0 aliphatic carbocycles. The first-order valence-corrected chi connectivity index (χ1v) is 7.55. The second-order valence-electron chi connectivity index (χ2n) is 4.65. The maximum atomic E-state index is 5.81. The van der Waals surface area contributed by atoms with Gasteiger partial charge < -0.3 is 4.74 Å². The van der Waals surface area contributed by atoms with Crippen LogP contribution in [0.3, 0.4) is 0 Å². The molecule has 0 aromatic rings. The van der Waals surface area contributed by atoms with Gasteiger partial charge in [0, 0.05) is 11.9 Å². The highest BCUT2D eigenvalue weighted by molar-refractivity contribution is 9.09. The topological polar surface area (TPSA) is 9.23 Å². The molecule has 1 nitrogen and oxygen atoms in total. The lowest BCUT2D eigenvalue weighted by Crippen LogP contribution is -2.27. The van der Waals surface area contributed by atoms with Gasteiger partial charge in [0.25, 0.3) is 0 Å². The van der Waals surface area contributed by atoms with E-state index >= 15 is 0 Å². The van der Waals surface area contributed by atoms with Crippen molar-refractivity contribution >= 4 is 15.9 Å². The molecular formula is C14H27BrO. The van der Waals surface area contributed by atoms with Gasteiger partial charge in [0.2, 0.25) is 0 Å². The molecule has 0 bridgehead atoms. The first-order chi connectivity index (χ1) is 7.58. The van der Waals surface area contributed by atoms with Gasteiger partial charge >= 0.3 is 0 Å². The normalized spacial score (nSPS) is 16.2. The molecular weight excluding hydrogens is 264 g/mol. The van der Waals surface area contributed by atoms with E-state index in [2.05, 4.69) is 49.7 Å². The molecule has 1 atom stereocenters. The van der Waals surface area contributed by atoms with Crippen LogP contribution >= 0.6 is 15.9 Å². The van der Waals surface area contributed by atoms with E-state index in [0.717, 1.165) is 18.4 Å². The predicted octanol–water partition coefficient (Wildman–Crippen LogP) is 5.09. The second-order valence-corrected chi connectivity index (χ2v) is 5.30. The van der Waals surface area contributed by atoms with Crippen LogP contribution in [-0.4, -0.2) is 17.5 Å². The van der Waals surface area contributed by atoms with Gasteiger partial charge in [-0.2, -0.15) is 0 Å². The summed E-state index contributed by atoms with van der Waals surface area (Å²) in [6.45, 7) is 9.57. The highest BCUT2D eigenvalue weighted by Gasteiger charge is 2.20. The SMILES string of the molecule is CCOC(C)(CC)CCCC/C(C)=C/CBr. The van der Waals surface area contributed by atoms with Crippen molar-refractivity contribution < 1.29 is 4.74 Å². The zero-order valence-corrected chi connectivity index (χ0v) is 12.9. The van der Waals surface area contributed by atoms with Gasteiger partial charge in [-0.1, -0.05) is 40.9 Å². The fraction of sp³-hybridized carbons (Fsp3) is 0.857. The van der Waals surface area contributed by atoms with Crippen LogP contribution in [0.15, 0.2) is 11.6 Å². The van der Waals surface area contributed by atoms with Crippen molar-refractivity contribution in [3.05, 3.63) is 11.6 Å². The van der Waals surface area contributed by atoms with Crippen molar-refractivity contribution in [3.8, 4) is 0 Å². The van der Waals surface area contributed by atoms with Crippen LogP contribution in [0.2, 0.25) is 0 Å². The van der Waals surface area contributed by atoms with E-state index < -0.39 is 0 Å². The third kappa shape index (κ3) is 7.45. The first-order valence-electron chi connectivity index (χ1n) is 6.43. The summed E-state index contributed by atoms with van der Waals surface area (Å²) in [5.74, 6) is 0. The number of hydrogen-bond donors (Lipinski definition) is 0. The van der Waals surface area contributed by atoms with Crippen molar-refractivity contribution in [1.29, 1.82) is 0 Å². The summed E-state index contributed by atoms with van der Waals surface area (Å²) >= 11 is 3.43. The van der Waals surface area contributed by atoms with Gasteiger partial charge in [-0.25, -0.2) is 0 Å². The molecule has 1 unspecified atom stereocenters. The van der Waals surface area contributed by atoms with Crippen LogP contribution in [0.25, 0.3) is 0 Å². The quantitative estimate of drug-likeness (QED) is 0.326. The predicted molar refractivity (Wildman–Crippen MR) is 76.3 cm³/mol. The number of ether oxygens (including phenoxy) is 1. The Hall–Kier alpha value is 0.180. The van der Waals surface area contributed by atoms with E-state index in [-0.39, 0.29) is 5.60 Å². The lowest BCUT2D eigenvalue weighted by Gasteiger charge is -2.28. The molecule has 0 amide bonds. The number of halogens is 1. The Morgan fingerprint density at radius 2 is 2.00 bits per heavy atom. The van der Waals surface area contributed by atoms with Crippen molar-refractivity contribution in [3.63, 3.8) is 0 Å². The molecule has 0 aromatic heterocycles. The second kappa shape index (κ2) is 9.23. The fourth-order valence-electron chi connectivity index (χ4n) is 1.84. The summed E-state index contributed by atoms with van der Waals surface area (Å²) in [4.78, 5) is 0. The molecule has 2 heteroatoms. The Balaban J connectivity index is 3.75. The van der Waals surface area contributed by atoms with Crippen LogP contribution in [0, 0.1) is 0 Å². The van der Waals surface area contributed by atoms with E-state index in [1.54, 1.807) is 0 Å². The molecule has 16 heavy (non-hydrogen) atoms. The van der Waals surface area contributed by atoms with E-state index in [0.29, 0.717) is 0 Å². The van der Waals surface area contributed by atoms with E-state index in [1.807, 2.05) is 0 Å². The van der Waals surface area contributed by atoms with Gasteiger partial charge in [0.05, 0.1) is 5.60 Å². The summed E-state index contributed by atoms with van der Waals surface area (Å²) in [5, 5.41) is 0.977. The highest BCUT2D eigenvalue weighted by Crippen LogP contribution is 2.23. The third-order valence-corrected chi connectivity index (χ3v) is 3.52. The average Bonchev–Trinajstić information content (AvgIpc) is 2.25.